The summed E-state index contributed by atoms with van der Waals surface area (Å²) >= 11 is 5.66. The molecule has 7 nitrogen and oxygen atoms in total. The van der Waals surface area contributed by atoms with Crippen LogP contribution in [0.1, 0.15) is 69.1 Å². The van der Waals surface area contributed by atoms with Crippen LogP contribution in [0.25, 0.3) is 0 Å². The van der Waals surface area contributed by atoms with E-state index in [0.29, 0.717) is 43.9 Å². The Morgan fingerprint density at radius 3 is 2.56 bits per heavy atom. The maximum absolute atomic E-state index is 13.6. The standard InChI is InChI=1S/C24H25ClF4N2O5/c25-17-2-1-15(9-18(17)26)34-12-14(32)10-22-3-5-23(6-4-22,11-19(22)33)21-31-30-20(35-21)13-7-16(8-13)36-24(27,28)29/h1-2,9,13,16,19,33H,3-8,10-12H2. The van der Waals surface area contributed by atoms with Crippen LogP contribution < -0.4 is 4.74 Å². The van der Waals surface area contributed by atoms with Crippen LogP contribution in [-0.2, 0) is 14.9 Å². The number of hydrogen-bond donors (Lipinski definition) is 1. The first-order chi connectivity index (χ1) is 17.0. The molecular weight excluding hydrogens is 508 g/mol. The van der Waals surface area contributed by atoms with E-state index in [2.05, 4.69) is 14.9 Å². The molecule has 4 fully saturated rings. The van der Waals surface area contributed by atoms with Gasteiger partial charge in [-0.15, -0.1) is 23.4 Å². The molecule has 1 aromatic heterocycles. The van der Waals surface area contributed by atoms with Crippen molar-refractivity contribution in [2.75, 3.05) is 6.61 Å². The number of fused-ring (bicyclic) bond motifs is 3. The number of hydrogen-bond acceptors (Lipinski definition) is 7. The number of aromatic nitrogens is 2. The van der Waals surface area contributed by atoms with Gasteiger partial charge in [0.15, 0.2) is 5.78 Å². The molecule has 1 N–H and O–H groups in total. The van der Waals surface area contributed by atoms with Gasteiger partial charge >= 0.3 is 6.36 Å². The molecule has 6 rings (SSSR count). The van der Waals surface area contributed by atoms with Gasteiger partial charge in [0, 0.05) is 23.8 Å². The number of ether oxygens (including phenoxy) is 2. The Morgan fingerprint density at radius 1 is 1.19 bits per heavy atom. The van der Waals surface area contributed by atoms with Crippen LogP contribution in [0.4, 0.5) is 17.6 Å². The van der Waals surface area contributed by atoms with Crippen LogP contribution in [0.5, 0.6) is 5.75 Å². The van der Waals surface area contributed by atoms with Crippen molar-refractivity contribution in [3.05, 3.63) is 40.8 Å². The molecule has 1 heterocycles. The molecule has 196 valence electrons. The van der Waals surface area contributed by atoms with Crippen LogP contribution in [0.3, 0.4) is 0 Å². The van der Waals surface area contributed by atoms with Gasteiger partial charge in [-0.25, -0.2) is 4.39 Å². The zero-order valence-electron chi connectivity index (χ0n) is 19.2. The van der Waals surface area contributed by atoms with Gasteiger partial charge in [0.25, 0.3) is 0 Å². The predicted molar refractivity (Wildman–Crippen MR) is 117 cm³/mol. The van der Waals surface area contributed by atoms with Gasteiger partial charge in [0.1, 0.15) is 18.2 Å². The van der Waals surface area contributed by atoms with Gasteiger partial charge < -0.3 is 14.3 Å². The highest BCUT2D eigenvalue weighted by Gasteiger charge is 2.57. The Morgan fingerprint density at radius 2 is 1.92 bits per heavy atom. The van der Waals surface area contributed by atoms with Crippen molar-refractivity contribution in [1.29, 1.82) is 0 Å². The number of halogens is 5. The summed E-state index contributed by atoms with van der Waals surface area (Å²) in [7, 11) is 0. The average Bonchev–Trinajstić information content (AvgIpc) is 3.28. The molecule has 36 heavy (non-hydrogen) atoms. The number of nitrogens with zero attached hydrogens (tertiary/aromatic N) is 2. The summed E-state index contributed by atoms with van der Waals surface area (Å²) in [6, 6.07) is 3.95. The van der Waals surface area contributed by atoms with Crippen LogP contribution >= 0.6 is 11.6 Å². The van der Waals surface area contributed by atoms with Crippen LogP contribution in [-0.4, -0.2) is 46.3 Å². The minimum absolute atomic E-state index is 0.0377. The molecule has 1 unspecified atom stereocenters. The molecule has 1 aromatic carbocycles. The Kier molecular flexibility index (Phi) is 6.53. The number of aliphatic hydroxyl groups excluding tert-OH is 1. The highest BCUT2D eigenvalue weighted by Crippen LogP contribution is 2.59. The van der Waals surface area contributed by atoms with Crippen molar-refractivity contribution in [3.63, 3.8) is 0 Å². The fourth-order valence-corrected chi connectivity index (χ4v) is 5.90. The Balaban J connectivity index is 1.17. The highest BCUT2D eigenvalue weighted by atomic mass is 35.5. The number of carbonyl (C=O) groups excluding carboxylic acids is 1. The van der Waals surface area contributed by atoms with E-state index < -0.39 is 35.2 Å². The second-order valence-corrected chi connectivity index (χ2v) is 10.6. The van der Waals surface area contributed by atoms with E-state index in [0.717, 1.165) is 6.07 Å². The lowest BCUT2D eigenvalue weighted by atomic mass is 9.51. The van der Waals surface area contributed by atoms with Gasteiger partial charge in [0.05, 0.1) is 22.6 Å². The van der Waals surface area contributed by atoms with Crippen LogP contribution in [0, 0.1) is 11.2 Å². The molecule has 0 radical (unpaired) electrons. The number of rotatable bonds is 8. The summed E-state index contributed by atoms with van der Waals surface area (Å²) in [4.78, 5) is 12.7. The Labute approximate surface area is 209 Å². The number of ketones is 1. The van der Waals surface area contributed by atoms with E-state index in [1.807, 2.05) is 0 Å². The maximum Gasteiger partial charge on any atom is 0.522 e. The summed E-state index contributed by atoms with van der Waals surface area (Å²) < 4.78 is 66.0. The van der Waals surface area contributed by atoms with E-state index in [4.69, 9.17) is 20.8 Å². The lowest BCUT2D eigenvalue weighted by Gasteiger charge is -2.54. The topological polar surface area (TPSA) is 94.7 Å². The number of aliphatic hydroxyl groups is 1. The van der Waals surface area contributed by atoms with Crippen molar-refractivity contribution in [2.24, 2.45) is 5.41 Å². The molecule has 2 aromatic rings. The summed E-state index contributed by atoms with van der Waals surface area (Å²) in [6.45, 7) is -0.242. The van der Waals surface area contributed by atoms with Gasteiger partial charge in [-0.05, 0) is 57.1 Å². The van der Waals surface area contributed by atoms with Crippen molar-refractivity contribution in [3.8, 4) is 5.75 Å². The smallest absolute Gasteiger partial charge is 0.486 e. The molecule has 12 heteroatoms. The molecular formula is C24H25ClF4N2O5. The van der Waals surface area contributed by atoms with E-state index in [1.54, 1.807) is 0 Å². The molecule has 0 spiro atoms. The van der Waals surface area contributed by atoms with E-state index in [-0.39, 0.29) is 48.3 Å². The summed E-state index contributed by atoms with van der Waals surface area (Å²) in [5.74, 6) is -0.224. The Bertz CT molecular complexity index is 1130. The molecule has 1 atom stereocenters. The lowest BCUT2D eigenvalue weighted by Crippen LogP contribution is -2.54. The molecule has 4 aliphatic carbocycles. The zero-order valence-corrected chi connectivity index (χ0v) is 19.9. The minimum atomic E-state index is -4.66. The first kappa shape index (κ1) is 25.4. The third-order valence-electron chi connectivity index (χ3n) is 7.97. The van der Waals surface area contributed by atoms with Crippen molar-refractivity contribution in [1.82, 2.24) is 10.2 Å². The van der Waals surface area contributed by atoms with E-state index >= 15 is 0 Å². The molecule has 4 aliphatic rings. The normalized spacial score (nSPS) is 31.8. The molecule has 0 amide bonds. The van der Waals surface area contributed by atoms with E-state index in [1.165, 1.54) is 12.1 Å². The summed E-state index contributed by atoms with van der Waals surface area (Å²) in [6.07, 6.45) is -3.07. The monoisotopic (exact) mass is 532 g/mol. The largest absolute Gasteiger partial charge is 0.522 e. The van der Waals surface area contributed by atoms with Crippen LogP contribution in [0.15, 0.2) is 22.6 Å². The molecule has 0 saturated heterocycles. The minimum Gasteiger partial charge on any atom is -0.486 e. The Hall–Kier alpha value is -2.24. The molecule has 2 bridgehead atoms. The van der Waals surface area contributed by atoms with Gasteiger partial charge in [-0.3, -0.25) is 9.53 Å². The second kappa shape index (κ2) is 9.25. The number of carbonyl (C=O) groups is 1. The summed E-state index contributed by atoms with van der Waals surface area (Å²) in [5.41, 5.74) is -1.09. The third kappa shape index (κ3) is 4.97. The quantitative estimate of drug-likeness (QED) is 0.464. The zero-order chi connectivity index (χ0) is 25.7. The maximum atomic E-state index is 13.6. The average molecular weight is 533 g/mol. The number of Topliss-reactive ketones (excluding diaryl/α,β-unsaturated/α-hetero) is 1. The number of benzene rings is 1. The number of alkyl halides is 3. The second-order valence-electron chi connectivity index (χ2n) is 10.2. The predicted octanol–water partition coefficient (Wildman–Crippen LogP) is 5.25. The van der Waals surface area contributed by atoms with Gasteiger partial charge in [-0.2, -0.15) is 0 Å². The molecule has 0 aliphatic heterocycles. The first-order valence-corrected chi connectivity index (χ1v) is 12.2. The van der Waals surface area contributed by atoms with Crippen molar-refractivity contribution in [2.45, 2.75) is 81.3 Å². The first-order valence-electron chi connectivity index (χ1n) is 11.8. The van der Waals surface area contributed by atoms with Gasteiger partial charge in [0.2, 0.25) is 11.8 Å². The van der Waals surface area contributed by atoms with E-state index in [9.17, 15) is 27.5 Å². The highest BCUT2D eigenvalue weighted by molar-refractivity contribution is 6.30. The lowest BCUT2D eigenvalue weighted by molar-refractivity contribution is -0.352. The molecule has 4 saturated carbocycles. The van der Waals surface area contributed by atoms with Crippen molar-refractivity contribution < 1.29 is 41.4 Å². The summed E-state index contributed by atoms with van der Waals surface area (Å²) in [5, 5.41) is 19.2. The fraction of sp³-hybridized carbons (Fsp3) is 0.625. The van der Waals surface area contributed by atoms with Crippen molar-refractivity contribution >= 4 is 17.4 Å². The third-order valence-corrected chi connectivity index (χ3v) is 8.28. The SMILES string of the molecule is O=C(COc1ccc(Cl)c(F)c1)CC12CCC(c3nnc(C4CC(OC(F)(F)F)C4)o3)(CC1)CC2O. The van der Waals surface area contributed by atoms with Gasteiger partial charge in [-0.1, -0.05) is 11.6 Å². The fourth-order valence-electron chi connectivity index (χ4n) is 5.79. The van der Waals surface area contributed by atoms with Crippen LogP contribution in [0.2, 0.25) is 5.02 Å².